The number of carbonyl (C=O) groups excluding carboxylic acids is 2. The third kappa shape index (κ3) is 3.81. The molecule has 1 aliphatic heterocycles. The summed E-state index contributed by atoms with van der Waals surface area (Å²) in [5.41, 5.74) is 5.32. The van der Waals surface area contributed by atoms with E-state index in [2.05, 4.69) is 39.9 Å². The van der Waals surface area contributed by atoms with E-state index in [0.29, 0.717) is 37.5 Å². The lowest BCUT2D eigenvalue weighted by molar-refractivity contribution is -0.132. The number of fused-ring (bicyclic) bond motifs is 2. The van der Waals surface area contributed by atoms with E-state index in [1.807, 2.05) is 25.1 Å². The number of imidazole rings is 1. The van der Waals surface area contributed by atoms with Gasteiger partial charge in [0.15, 0.2) is 0 Å². The Morgan fingerprint density at radius 2 is 2.03 bits per heavy atom. The second-order valence-corrected chi connectivity index (χ2v) is 10.9. The number of carbonyl (C=O) groups is 2. The summed E-state index contributed by atoms with van der Waals surface area (Å²) in [6, 6.07) is 14.3. The van der Waals surface area contributed by atoms with Crippen LogP contribution in [-0.4, -0.2) is 47.6 Å². The number of H-pyrrole nitrogens is 1. The average molecular weight is 487 g/mol. The van der Waals surface area contributed by atoms with Gasteiger partial charge in [-0.3, -0.25) is 9.59 Å². The summed E-state index contributed by atoms with van der Waals surface area (Å²) >= 11 is 0. The van der Waals surface area contributed by atoms with Crippen LogP contribution in [0.3, 0.4) is 0 Å². The molecule has 3 N–H and O–H groups in total. The van der Waals surface area contributed by atoms with Gasteiger partial charge in [0.05, 0.1) is 23.1 Å². The van der Waals surface area contributed by atoms with E-state index in [1.165, 1.54) is 30.4 Å². The second-order valence-electron chi connectivity index (χ2n) is 10.9. The molecule has 1 saturated heterocycles. The summed E-state index contributed by atoms with van der Waals surface area (Å²) in [4.78, 5) is 34.2. The van der Waals surface area contributed by atoms with E-state index in [-0.39, 0.29) is 11.8 Å². The van der Waals surface area contributed by atoms with Crippen LogP contribution in [0, 0.1) is 5.41 Å². The van der Waals surface area contributed by atoms with E-state index in [0.717, 1.165) is 28.8 Å². The van der Waals surface area contributed by atoms with Crippen molar-refractivity contribution in [1.29, 1.82) is 0 Å². The molecule has 3 aromatic rings. The smallest absolute Gasteiger partial charge is 0.242 e. The van der Waals surface area contributed by atoms with Gasteiger partial charge in [-0.25, -0.2) is 4.98 Å². The zero-order chi connectivity index (χ0) is 24.9. The topological polar surface area (TPSA) is 96.1 Å². The number of hydrogen-bond acceptors (Lipinski definition) is 4. The molecular weight excluding hydrogens is 452 g/mol. The maximum atomic E-state index is 13.5. The van der Waals surface area contributed by atoms with Gasteiger partial charge in [0.1, 0.15) is 11.9 Å². The fraction of sp³-hybridized carbons (Fsp3) is 0.483. The third-order valence-corrected chi connectivity index (χ3v) is 8.63. The van der Waals surface area contributed by atoms with Crippen molar-refractivity contribution < 1.29 is 14.3 Å². The van der Waals surface area contributed by atoms with Crippen molar-refractivity contribution in [2.45, 2.75) is 63.3 Å². The molecule has 36 heavy (non-hydrogen) atoms. The standard InChI is InChI=1S/C29H34N4O3/c1-3-30-26(34)18(2)31-27(35)29(12-13-36-17-29)20-8-9-23-24(14-20)33-25(32-23)15-22-21-7-5-4-6-19(21)16-28(22)10-11-28/h4-9,14,18,22H,3,10-13,15-17H2,1-2H3,(H,30,34)(H,31,35)(H,32,33)/t18-,22-,29?/m1/s1. The van der Waals surface area contributed by atoms with Crippen LogP contribution in [-0.2, 0) is 32.6 Å². The van der Waals surface area contributed by atoms with E-state index < -0.39 is 11.5 Å². The van der Waals surface area contributed by atoms with Crippen molar-refractivity contribution in [1.82, 2.24) is 20.6 Å². The van der Waals surface area contributed by atoms with Crippen molar-refractivity contribution in [3.63, 3.8) is 0 Å². The Morgan fingerprint density at radius 1 is 1.19 bits per heavy atom. The van der Waals surface area contributed by atoms with Crippen LogP contribution in [0.1, 0.15) is 61.5 Å². The summed E-state index contributed by atoms with van der Waals surface area (Å²) in [7, 11) is 0. The Labute approximate surface area is 211 Å². The SMILES string of the molecule is CCNC(=O)[C@@H](C)NC(=O)C1(c2ccc3nc(C[C@@H]4c5ccccc5CC45CC5)[nH]c3c2)CCOC1. The van der Waals surface area contributed by atoms with Gasteiger partial charge in [-0.15, -0.1) is 0 Å². The van der Waals surface area contributed by atoms with Gasteiger partial charge in [-0.1, -0.05) is 30.3 Å². The molecule has 0 radical (unpaired) electrons. The van der Waals surface area contributed by atoms with Gasteiger partial charge in [0.25, 0.3) is 0 Å². The molecule has 2 fully saturated rings. The van der Waals surface area contributed by atoms with Crippen molar-refractivity contribution in [3.8, 4) is 0 Å². The summed E-state index contributed by atoms with van der Waals surface area (Å²) in [5.74, 6) is 1.15. The summed E-state index contributed by atoms with van der Waals surface area (Å²) in [6.07, 6.45) is 5.26. The lowest BCUT2D eigenvalue weighted by Gasteiger charge is -2.28. The number of hydrogen-bond donors (Lipinski definition) is 3. The van der Waals surface area contributed by atoms with Crippen molar-refractivity contribution in [2.24, 2.45) is 5.41 Å². The van der Waals surface area contributed by atoms with Crippen LogP contribution >= 0.6 is 0 Å². The molecule has 2 aromatic carbocycles. The minimum atomic E-state index is -0.817. The monoisotopic (exact) mass is 486 g/mol. The van der Waals surface area contributed by atoms with Crippen molar-refractivity contribution >= 4 is 22.8 Å². The number of nitrogens with one attached hydrogen (secondary N) is 3. The number of ether oxygens (including phenoxy) is 1. The Morgan fingerprint density at radius 3 is 2.78 bits per heavy atom. The fourth-order valence-corrected chi connectivity index (χ4v) is 6.36. The van der Waals surface area contributed by atoms with Gasteiger partial charge in [-0.2, -0.15) is 0 Å². The molecule has 7 nitrogen and oxygen atoms in total. The first kappa shape index (κ1) is 23.2. The van der Waals surface area contributed by atoms with Gasteiger partial charge >= 0.3 is 0 Å². The number of likely N-dealkylation sites (N-methyl/N-ethyl adjacent to an activating group) is 1. The van der Waals surface area contributed by atoms with Gasteiger partial charge in [0, 0.05) is 19.6 Å². The quantitative estimate of drug-likeness (QED) is 0.476. The molecule has 6 rings (SSSR count). The molecule has 1 unspecified atom stereocenters. The lowest BCUT2D eigenvalue weighted by Crippen LogP contribution is -2.52. The molecule has 1 saturated carbocycles. The Balaban J connectivity index is 1.27. The first-order valence-corrected chi connectivity index (χ1v) is 13.2. The number of aromatic amines is 1. The first-order valence-electron chi connectivity index (χ1n) is 13.2. The normalized spacial score (nSPS) is 24.6. The number of amides is 2. The van der Waals surface area contributed by atoms with E-state index in [9.17, 15) is 9.59 Å². The molecule has 3 atom stereocenters. The Bertz CT molecular complexity index is 1320. The summed E-state index contributed by atoms with van der Waals surface area (Å²) in [6.45, 7) is 4.92. The molecule has 7 heteroatoms. The molecular formula is C29H34N4O3. The maximum absolute atomic E-state index is 13.5. The molecule has 1 spiro atoms. The molecule has 0 bridgehead atoms. The predicted molar refractivity (Wildman–Crippen MR) is 138 cm³/mol. The Kier molecular flexibility index (Phi) is 5.63. The minimum Gasteiger partial charge on any atom is -0.380 e. The van der Waals surface area contributed by atoms with Gasteiger partial charge in [-0.05, 0) is 79.7 Å². The molecule has 1 aromatic heterocycles. The highest BCUT2D eigenvalue weighted by Gasteiger charge is 2.54. The summed E-state index contributed by atoms with van der Waals surface area (Å²) in [5, 5.41) is 5.68. The largest absolute Gasteiger partial charge is 0.380 e. The van der Waals surface area contributed by atoms with Crippen LogP contribution < -0.4 is 10.6 Å². The van der Waals surface area contributed by atoms with E-state index in [1.54, 1.807) is 6.92 Å². The second kappa shape index (κ2) is 8.73. The summed E-state index contributed by atoms with van der Waals surface area (Å²) < 4.78 is 5.71. The zero-order valence-electron chi connectivity index (χ0n) is 21.0. The van der Waals surface area contributed by atoms with E-state index in [4.69, 9.17) is 9.72 Å². The van der Waals surface area contributed by atoms with Crippen LogP contribution in [0.2, 0.25) is 0 Å². The predicted octanol–water partition coefficient (Wildman–Crippen LogP) is 3.52. The highest BCUT2D eigenvalue weighted by molar-refractivity contribution is 5.94. The number of aromatic nitrogens is 2. The van der Waals surface area contributed by atoms with Gasteiger partial charge in [0.2, 0.25) is 11.8 Å². The average Bonchev–Trinajstić information content (AvgIpc) is 3.22. The molecule has 3 aliphatic rings. The number of benzene rings is 2. The molecule has 2 aliphatic carbocycles. The van der Waals surface area contributed by atoms with E-state index >= 15 is 0 Å². The molecule has 2 heterocycles. The number of rotatable bonds is 7. The maximum Gasteiger partial charge on any atom is 0.242 e. The third-order valence-electron chi connectivity index (χ3n) is 8.63. The molecule has 2 amide bonds. The number of nitrogens with zero attached hydrogens (tertiary/aromatic N) is 1. The minimum absolute atomic E-state index is 0.170. The lowest BCUT2D eigenvalue weighted by atomic mass is 9.78. The first-order chi connectivity index (χ1) is 17.4. The van der Waals surface area contributed by atoms with Crippen LogP contribution in [0.25, 0.3) is 11.0 Å². The van der Waals surface area contributed by atoms with Crippen molar-refractivity contribution in [2.75, 3.05) is 19.8 Å². The highest BCUT2D eigenvalue weighted by atomic mass is 16.5. The Hall–Kier alpha value is -3.19. The zero-order valence-corrected chi connectivity index (χ0v) is 21.0. The molecule has 188 valence electrons. The van der Waals surface area contributed by atoms with Crippen molar-refractivity contribution in [3.05, 3.63) is 65.0 Å². The van der Waals surface area contributed by atoms with Crippen LogP contribution in [0.5, 0.6) is 0 Å². The highest BCUT2D eigenvalue weighted by Crippen LogP contribution is 2.63. The van der Waals surface area contributed by atoms with Crippen LogP contribution in [0.4, 0.5) is 0 Å². The fourth-order valence-electron chi connectivity index (χ4n) is 6.36. The van der Waals surface area contributed by atoms with Crippen LogP contribution in [0.15, 0.2) is 42.5 Å². The van der Waals surface area contributed by atoms with Gasteiger partial charge < -0.3 is 20.4 Å².